The number of fused-ring (bicyclic) bond motifs is 1. The van der Waals surface area contributed by atoms with Gasteiger partial charge in [0.05, 0.1) is 23.5 Å². The molecule has 8 heteroatoms. The SMILES string of the molecule is Cc1cc([C@H]2[C@H](c3ccccn3)NC(=S)N2CCC(=O)Nc2cccc3ccccc23)c(C)n1-c1ccccc1O. The Labute approximate surface area is 244 Å². The molecule has 2 atom stereocenters. The summed E-state index contributed by atoms with van der Waals surface area (Å²) in [6, 6.07) is 28.8. The highest BCUT2D eigenvalue weighted by atomic mass is 32.1. The van der Waals surface area contributed by atoms with E-state index in [2.05, 4.69) is 38.1 Å². The van der Waals surface area contributed by atoms with E-state index >= 15 is 0 Å². The number of amides is 1. The molecule has 1 amide bonds. The maximum absolute atomic E-state index is 13.2. The van der Waals surface area contributed by atoms with E-state index in [4.69, 9.17) is 12.2 Å². The van der Waals surface area contributed by atoms with Crippen molar-refractivity contribution >= 4 is 39.7 Å². The molecule has 3 aromatic carbocycles. The van der Waals surface area contributed by atoms with Gasteiger partial charge < -0.3 is 25.2 Å². The van der Waals surface area contributed by atoms with Crippen LogP contribution in [0.2, 0.25) is 0 Å². The van der Waals surface area contributed by atoms with Crippen molar-refractivity contribution in [2.24, 2.45) is 0 Å². The van der Waals surface area contributed by atoms with Gasteiger partial charge in [-0.15, -0.1) is 0 Å². The molecule has 3 heterocycles. The molecule has 0 unspecified atom stereocenters. The first-order valence-electron chi connectivity index (χ1n) is 13.7. The van der Waals surface area contributed by atoms with Crippen LogP contribution in [0.25, 0.3) is 16.5 Å². The van der Waals surface area contributed by atoms with Crippen molar-refractivity contribution in [3.63, 3.8) is 0 Å². The molecular formula is C33H31N5O2S. The molecule has 6 rings (SSSR count). The predicted molar refractivity (Wildman–Crippen MR) is 166 cm³/mol. The molecule has 1 aliphatic heterocycles. The van der Waals surface area contributed by atoms with Crippen LogP contribution in [0.15, 0.2) is 97.2 Å². The standard InChI is InChI=1S/C33H31N5O2S/c1-21-20-25(22(2)38(21)28-15-5-6-16-29(28)39)32-31(27-13-7-8-18-34-27)36-33(41)37(32)19-17-30(40)35-26-14-9-11-23-10-3-4-12-24(23)26/h3-16,18,20,31-32,39H,17,19H2,1-2H3,(H,35,40)(H,36,41)/t31-,32-/m0/s1. The Bertz CT molecular complexity index is 1740. The van der Waals surface area contributed by atoms with Crippen LogP contribution in [-0.4, -0.2) is 37.1 Å². The topological polar surface area (TPSA) is 82.4 Å². The average Bonchev–Trinajstić information content (AvgIpc) is 3.47. The summed E-state index contributed by atoms with van der Waals surface area (Å²) in [7, 11) is 0. The summed E-state index contributed by atoms with van der Waals surface area (Å²) in [6.07, 6.45) is 2.04. The van der Waals surface area contributed by atoms with E-state index in [1.165, 1.54) is 0 Å². The number of carbonyl (C=O) groups excluding carboxylic acids is 1. The van der Waals surface area contributed by atoms with Gasteiger partial charge in [-0.2, -0.15) is 0 Å². The summed E-state index contributed by atoms with van der Waals surface area (Å²) in [5.74, 6) is 0.132. The first-order chi connectivity index (χ1) is 19.9. The van der Waals surface area contributed by atoms with E-state index in [9.17, 15) is 9.90 Å². The second-order valence-electron chi connectivity index (χ2n) is 10.3. The molecule has 0 bridgehead atoms. The van der Waals surface area contributed by atoms with Crippen molar-refractivity contribution in [1.29, 1.82) is 0 Å². The molecule has 0 saturated carbocycles. The molecular weight excluding hydrogens is 530 g/mol. The smallest absolute Gasteiger partial charge is 0.226 e. The average molecular weight is 562 g/mol. The molecule has 41 heavy (non-hydrogen) atoms. The van der Waals surface area contributed by atoms with Crippen LogP contribution in [0.3, 0.4) is 0 Å². The van der Waals surface area contributed by atoms with Gasteiger partial charge in [0.2, 0.25) is 5.91 Å². The van der Waals surface area contributed by atoms with Crippen LogP contribution in [0.4, 0.5) is 5.69 Å². The van der Waals surface area contributed by atoms with Crippen LogP contribution >= 0.6 is 12.2 Å². The number of nitrogens with one attached hydrogen (secondary N) is 2. The third-order valence-electron chi connectivity index (χ3n) is 7.75. The fourth-order valence-corrected chi connectivity index (χ4v) is 6.20. The van der Waals surface area contributed by atoms with Crippen molar-refractivity contribution in [3.8, 4) is 11.4 Å². The first kappa shape index (κ1) is 26.5. The summed E-state index contributed by atoms with van der Waals surface area (Å²) in [5, 5.41) is 19.9. The van der Waals surface area contributed by atoms with Gasteiger partial charge in [-0.1, -0.05) is 54.6 Å². The maximum Gasteiger partial charge on any atom is 0.226 e. The van der Waals surface area contributed by atoms with Crippen molar-refractivity contribution in [3.05, 3.63) is 120 Å². The number of aromatic hydroxyl groups is 1. The van der Waals surface area contributed by atoms with Gasteiger partial charge in [0.25, 0.3) is 0 Å². The fourth-order valence-electron chi connectivity index (χ4n) is 5.86. The third-order valence-corrected chi connectivity index (χ3v) is 8.11. The lowest BCUT2D eigenvalue weighted by molar-refractivity contribution is -0.116. The Hall–Kier alpha value is -4.69. The number of benzene rings is 3. The fraction of sp³-hybridized carbons (Fsp3) is 0.182. The Morgan fingerprint density at radius 1 is 1.00 bits per heavy atom. The lowest BCUT2D eigenvalue weighted by atomic mass is 9.96. The second-order valence-corrected chi connectivity index (χ2v) is 10.7. The number of hydrogen-bond acceptors (Lipinski definition) is 4. The number of thiocarbonyl (C=S) groups is 1. The Kier molecular flexibility index (Phi) is 7.15. The maximum atomic E-state index is 13.2. The van der Waals surface area contributed by atoms with E-state index in [0.29, 0.717) is 11.7 Å². The van der Waals surface area contributed by atoms with E-state index in [0.717, 1.165) is 44.8 Å². The largest absolute Gasteiger partial charge is 0.506 e. The Balaban J connectivity index is 1.32. The van der Waals surface area contributed by atoms with Gasteiger partial charge in [0, 0.05) is 41.6 Å². The number of aromatic nitrogens is 2. The molecule has 1 saturated heterocycles. The molecule has 0 spiro atoms. The quantitative estimate of drug-likeness (QED) is 0.201. The van der Waals surface area contributed by atoms with Gasteiger partial charge in [-0.3, -0.25) is 9.78 Å². The highest BCUT2D eigenvalue weighted by molar-refractivity contribution is 7.80. The summed E-state index contributed by atoms with van der Waals surface area (Å²) in [5.41, 5.74) is 5.43. The van der Waals surface area contributed by atoms with Crippen LogP contribution in [0, 0.1) is 13.8 Å². The van der Waals surface area contributed by atoms with E-state index < -0.39 is 0 Å². The van der Waals surface area contributed by atoms with E-state index in [1.54, 1.807) is 12.3 Å². The number of aryl methyl sites for hydroxylation is 1. The number of rotatable bonds is 7. The van der Waals surface area contributed by atoms with Crippen molar-refractivity contribution < 1.29 is 9.90 Å². The number of pyridine rings is 1. The second kappa shape index (κ2) is 11.1. The zero-order chi connectivity index (χ0) is 28.5. The third kappa shape index (κ3) is 5.02. The zero-order valence-corrected chi connectivity index (χ0v) is 23.7. The van der Waals surface area contributed by atoms with Crippen LogP contribution < -0.4 is 10.6 Å². The Morgan fingerprint density at radius 3 is 2.56 bits per heavy atom. The van der Waals surface area contributed by atoms with Crippen molar-refractivity contribution in [2.75, 3.05) is 11.9 Å². The summed E-state index contributed by atoms with van der Waals surface area (Å²) in [6.45, 7) is 4.51. The van der Waals surface area contributed by atoms with E-state index in [1.807, 2.05) is 85.8 Å². The molecule has 0 radical (unpaired) electrons. The highest BCUT2D eigenvalue weighted by Gasteiger charge is 2.41. The molecule has 7 nitrogen and oxygen atoms in total. The molecule has 5 aromatic rings. The summed E-state index contributed by atoms with van der Waals surface area (Å²) >= 11 is 5.85. The zero-order valence-electron chi connectivity index (χ0n) is 22.9. The molecule has 3 N–H and O–H groups in total. The minimum atomic E-state index is -0.205. The Morgan fingerprint density at radius 2 is 1.76 bits per heavy atom. The number of anilines is 1. The monoisotopic (exact) mass is 561 g/mol. The predicted octanol–water partition coefficient (Wildman–Crippen LogP) is 6.35. The minimum Gasteiger partial charge on any atom is -0.506 e. The number of carbonyl (C=O) groups is 1. The van der Waals surface area contributed by atoms with Crippen molar-refractivity contribution in [2.45, 2.75) is 32.4 Å². The highest BCUT2D eigenvalue weighted by Crippen LogP contribution is 2.42. The van der Waals surface area contributed by atoms with Crippen LogP contribution in [0.5, 0.6) is 5.75 Å². The van der Waals surface area contributed by atoms with Crippen LogP contribution in [0.1, 0.15) is 41.1 Å². The van der Waals surface area contributed by atoms with E-state index in [-0.39, 0.29) is 30.2 Å². The number of nitrogens with zero attached hydrogens (tertiary/aromatic N) is 3. The van der Waals surface area contributed by atoms with Gasteiger partial charge in [0.1, 0.15) is 5.75 Å². The summed E-state index contributed by atoms with van der Waals surface area (Å²) in [4.78, 5) is 19.9. The molecule has 206 valence electrons. The molecule has 1 aliphatic rings. The van der Waals surface area contributed by atoms with Gasteiger partial charge in [-0.05, 0) is 73.4 Å². The number of phenolic OH excluding ortho intramolecular Hbond substituents is 1. The number of hydrogen-bond donors (Lipinski definition) is 3. The molecule has 1 fully saturated rings. The van der Waals surface area contributed by atoms with Gasteiger partial charge in [-0.25, -0.2) is 0 Å². The normalized spacial score (nSPS) is 16.6. The van der Waals surface area contributed by atoms with Gasteiger partial charge in [0.15, 0.2) is 5.11 Å². The minimum absolute atomic E-state index is 0.0798. The van der Waals surface area contributed by atoms with Gasteiger partial charge >= 0.3 is 0 Å². The van der Waals surface area contributed by atoms with Crippen LogP contribution in [-0.2, 0) is 4.79 Å². The number of para-hydroxylation sites is 2. The lowest BCUT2D eigenvalue weighted by Gasteiger charge is -2.28. The molecule has 2 aromatic heterocycles. The lowest BCUT2D eigenvalue weighted by Crippen LogP contribution is -2.33. The molecule has 0 aliphatic carbocycles. The number of phenols is 1. The van der Waals surface area contributed by atoms with Crippen molar-refractivity contribution in [1.82, 2.24) is 19.8 Å². The summed E-state index contributed by atoms with van der Waals surface area (Å²) < 4.78 is 2.06. The first-order valence-corrected chi connectivity index (χ1v) is 14.1.